The Morgan fingerprint density at radius 3 is 2.89 bits per heavy atom. The number of carbonyl (C=O) groups excluding carboxylic acids is 2. The number of phenols is 1. The summed E-state index contributed by atoms with van der Waals surface area (Å²) in [6.07, 6.45) is 0. The minimum absolute atomic E-state index is 0.0137. The van der Waals surface area contributed by atoms with E-state index in [0.29, 0.717) is 0 Å². The third-order valence-corrected chi connectivity index (χ3v) is 2.28. The van der Waals surface area contributed by atoms with Crippen molar-refractivity contribution in [2.45, 2.75) is 6.92 Å². The van der Waals surface area contributed by atoms with Crippen LogP contribution in [0.5, 0.6) is 17.2 Å². The van der Waals surface area contributed by atoms with Crippen LogP contribution in [-0.4, -0.2) is 30.3 Å². The van der Waals surface area contributed by atoms with Crippen molar-refractivity contribution in [2.24, 2.45) is 0 Å². The van der Waals surface area contributed by atoms with Gasteiger partial charge in [-0.05, 0) is 6.92 Å². The van der Waals surface area contributed by atoms with E-state index >= 15 is 0 Å². The second kappa shape index (κ2) is 4.52. The highest BCUT2D eigenvalue weighted by Crippen LogP contribution is 2.42. The molecule has 0 atom stereocenters. The molecule has 2 rings (SSSR count). The molecule has 96 valence electrons. The van der Waals surface area contributed by atoms with Gasteiger partial charge in [-0.1, -0.05) is 0 Å². The highest BCUT2D eigenvalue weighted by molar-refractivity contribution is 6.42. The Bertz CT molecular complexity index is 525. The molecular weight excluding hydrogens is 247 g/mol. The summed E-state index contributed by atoms with van der Waals surface area (Å²) < 4.78 is 27.7. The number of esters is 1. The zero-order chi connectivity index (χ0) is 13.3. The number of phenolic OH excluding ortho intramolecular Hbond substituents is 1. The summed E-state index contributed by atoms with van der Waals surface area (Å²) in [5.41, 5.74) is -0.582. The number of fused-ring (bicyclic) bond motifs is 1. The minimum atomic E-state index is -1.20. The molecule has 0 saturated heterocycles. The molecule has 0 aromatic heterocycles. The van der Waals surface area contributed by atoms with Gasteiger partial charge in [-0.15, -0.1) is 0 Å². The van der Waals surface area contributed by atoms with Crippen molar-refractivity contribution in [3.05, 3.63) is 17.4 Å². The molecule has 18 heavy (non-hydrogen) atoms. The van der Waals surface area contributed by atoms with Crippen LogP contribution in [0.3, 0.4) is 0 Å². The molecule has 0 aliphatic carbocycles. The summed E-state index contributed by atoms with van der Waals surface area (Å²) >= 11 is 0. The molecule has 6 nitrogen and oxygen atoms in total. The number of carbonyl (C=O) groups is 2. The number of Topliss-reactive ketones (excluding diaryl/α,β-unsaturated/α-hetero) is 1. The van der Waals surface area contributed by atoms with Gasteiger partial charge in [0.1, 0.15) is 5.56 Å². The summed E-state index contributed by atoms with van der Waals surface area (Å²) in [6.45, 7) is 1.28. The Hall–Kier alpha value is -2.31. The number of halogens is 1. The number of benzene rings is 1. The van der Waals surface area contributed by atoms with Crippen molar-refractivity contribution in [1.82, 2.24) is 0 Å². The molecule has 0 radical (unpaired) electrons. The largest absolute Gasteiger partial charge is 0.504 e. The molecule has 1 aliphatic rings. The van der Waals surface area contributed by atoms with Crippen LogP contribution < -0.4 is 9.47 Å². The molecule has 7 heteroatoms. The van der Waals surface area contributed by atoms with E-state index in [4.69, 9.17) is 9.47 Å². The Labute approximate surface area is 101 Å². The van der Waals surface area contributed by atoms with Gasteiger partial charge in [0.15, 0.2) is 23.1 Å². The molecule has 1 N–H and O–H groups in total. The third-order valence-electron chi connectivity index (χ3n) is 2.28. The molecule has 0 saturated carbocycles. The third kappa shape index (κ3) is 1.83. The summed E-state index contributed by atoms with van der Waals surface area (Å²) in [7, 11) is 0. The van der Waals surface area contributed by atoms with Crippen LogP contribution in [0.25, 0.3) is 0 Å². The number of ketones is 1. The molecule has 0 bridgehead atoms. The second-order valence-corrected chi connectivity index (χ2v) is 3.37. The fourth-order valence-corrected chi connectivity index (χ4v) is 1.51. The quantitative estimate of drug-likeness (QED) is 0.493. The average molecular weight is 256 g/mol. The van der Waals surface area contributed by atoms with E-state index in [1.165, 1.54) is 6.92 Å². The van der Waals surface area contributed by atoms with E-state index in [1.807, 2.05) is 0 Å². The van der Waals surface area contributed by atoms with Gasteiger partial charge in [-0.2, -0.15) is 0 Å². The zero-order valence-electron chi connectivity index (χ0n) is 9.36. The molecule has 1 aliphatic heterocycles. The lowest BCUT2D eigenvalue weighted by atomic mass is 10.1. The van der Waals surface area contributed by atoms with Gasteiger partial charge in [0, 0.05) is 6.07 Å². The summed E-state index contributed by atoms with van der Waals surface area (Å²) in [5.74, 6) is -4.62. The smallest absolute Gasteiger partial charge is 0.379 e. The minimum Gasteiger partial charge on any atom is -0.504 e. The monoisotopic (exact) mass is 256 g/mol. The van der Waals surface area contributed by atoms with Crippen LogP contribution in [0.2, 0.25) is 0 Å². The lowest BCUT2D eigenvalue weighted by Gasteiger charge is -2.07. The standard InChI is InChI=1S/C11H9FO6/c1-2-16-11(15)9(14)7-8(13)5(12)3-6-10(7)18-4-17-6/h3,13H,2,4H2,1H3. The Morgan fingerprint density at radius 2 is 2.22 bits per heavy atom. The van der Waals surface area contributed by atoms with E-state index in [1.54, 1.807) is 0 Å². The number of rotatable bonds is 3. The second-order valence-electron chi connectivity index (χ2n) is 3.37. The average Bonchev–Trinajstić information content (AvgIpc) is 2.77. The Kier molecular flexibility index (Phi) is 3.05. The molecule has 0 amide bonds. The summed E-state index contributed by atoms with van der Waals surface area (Å²) in [5, 5.41) is 9.51. The highest BCUT2D eigenvalue weighted by atomic mass is 19.1. The van der Waals surface area contributed by atoms with Gasteiger partial charge in [-0.3, -0.25) is 4.79 Å². The van der Waals surface area contributed by atoms with Crippen molar-refractivity contribution < 1.29 is 33.3 Å². The van der Waals surface area contributed by atoms with Gasteiger partial charge in [0.25, 0.3) is 5.78 Å². The van der Waals surface area contributed by atoms with Crippen molar-refractivity contribution in [1.29, 1.82) is 0 Å². The molecular formula is C11H9FO6. The zero-order valence-corrected chi connectivity index (χ0v) is 9.36. The van der Waals surface area contributed by atoms with E-state index in [9.17, 15) is 19.1 Å². The first-order chi connectivity index (χ1) is 8.56. The van der Waals surface area contributed by atoms with Crippen LogP contribution in [-0.2, 0) is 9.53 Å². The Balaban J connectivity index is 2.50. The molecule has 0 unspecified atom stereocenters. The van der Waals surface area contributed by atoms with Crippen LogP contribution in [0.4, 0.5) is 4.39 Å². The van der Waals surface area contributed by atoms with E-state index in [-0.39, 0.29) is 24.9 Å². The van der Waals surface area contributed by atoms with E-state index in [0.717, 1.165) is 6.07 Å². The van der Waals surface area contributed by atoms with Crippen LogP contribution in [0.1, 0.15) is 17.3 Å². The van der Waals surface area contributed by atoms with Gasteiger partial charge >= 0.3 is 5.97 Å². The number of hydrogen-bond donors (Lipinski definition) is 1. The van der Waals surface area contributed by atoms with Crippen molar-refractivity contribution in [2.75, 3.05) is 13.4 Å². The van der Waals surface area contributed by atoms with Gasteiger partial charge in [0.05, 0.1) is 6.61 Å². The molecule has 1 aromatic carbocycles. The maximum absolute atomic E-state index is 13.4. The van der Waals surface area contributed by atoms with Crippen molar-refractivity contribution >= 4 is 11.8 Å². The predicted molar refractivity (Wildman–Crippen MR) is 55.2 cm³/mol. The van der Waals surface area contributed by atoms with Crippen LogP contribution in [0, 0.1) is 5.82 Å². The first kappa shape index (κ1) is 12.2. The van der Waals surface area contributed by atoms with Crippen molar-refractivity contribution in [3.63, 3.8) is 0 Å². The number of ether oxygens (including phenoxy) is 3. The fourth-order valence-electron chi connectivity index (χ4n) is 1.51. The lowest BCUT2D eigenvalue weighted by Crippen LogP contribution is -2.18. The van der Waals surface area contributed by atoms with Crippen molar-refractivity contribution in [3.8, 4) is 17.2 Å². The molecule has 1 aromatic rings. The molecule has 0 spiro atoms. The fraction of sp³-hybridized carbons (Fsp3) is 0.273. The van der Waals surface area contributed by atoms with E-state index in [2.05, 4.69) is 4.74 Å². The Morgan fingerprint density at radius 1 is 1.50 bits per heavy atom. The topological polar surface area (TPSA) is 82.1 Å². The number of aromatic hydroxyl groups is 1. The maximum atomic E-state index is 13.4. The number of hydrogen-bond acceptors (Lipinski definition) is 6. The van der Waals surface area contributed by atoms with Gasteiger partial charge in [0.2, 0.25) is 6.79 Å². The molecule has 1 heterocycles. The van der Waals surface area contributed by atoms with Gasteiger partial charge < -0.3 is 19.3 Å². The maximum Gasteiger partial charge on any atom is 0.379 e. The SMILES string of the molecule is CCOC(=O)C(=O)c1c(O)c(F)cc2c1OCO2. The normalized spacial score (nSPS) is 12.3. The highest BCUT2D eigenvalue weighted by Gasteiger charge is 2.32. The van der Waals surface area contributed by atoms with Crippen LogP contribution >= 0.6 is 0 Å². The van der Waals surface area contributed by atoms with E-state index < -0.39 is 28.9 Å². The lowest BCUT2D eigenvalue weighted by molar-refractivity contribution is -0.137. The van der Waals surface area contributed by atoms with Crippen LogP contribution in [0.15, 0.2) is 6.07 Å². The predicted octanol–water partition coefficient (Wildman–Crippen LogP) is 1.01. The van der Waals surface area contributed by atoms with Gasteiger partial charge in [-0.25, -0.2) is 9.18 Å². The summed E-state index contributed by atoms with van der Waals surface area (Å²) in [4.78, 5) is 23.0. The first-order valence-electron chi connectivity index (χ1n) is 5.08. The molecule has 0 fully saturated rings. The summed E-state index contributed by atoms with van der Waals surface area (Å²) in [6, 6.07) is 0.875. The first-order valence-corrected chi connectivity index (χ1v) is 5.08.